The second-order valence-electron chi connectivity index (χ2n) is 5.80. The highest BCUT2D eigenvalue weighted by molar-refractivity contribution is 7.18. The van der Waals surface area contributed by atoms with E-state index in [1.165, 1.54) is 29.1 Å². The number of benzene rings is 1. The normalized spacial score (nSPS) is 24.4. The van der Waals surface area contributed by atoms with E-state index in [-0.39, 0.29) is 5.92 Å². The number of nitrogens with one attached hydrogen (secondary N) is 1. The predicted molar refractivity (Wildman–Crippen MR) is 81.9 cm³/mol. The van der Waals surface area contributed by atoms with Gasteiger partial charge in [0.25, 0.3) is 0 Å². The molecule has 1 saturated heterocycles. The van der Waals surface area contributed by atoms with E-state index in [1.807, 2.05) is 18.3 Å². The number of fused-ring (bicyclic) bond motifs is 1. The predicted octanol–water partition coefficient (Wildman–Crippen LogP) is 2.22. The van der Waals surface area contributed by atoms with E-state index in [4.69, 9.17) is 10.2 Å². The Labute approximate surface area is 123 Å². The molecule has 0 spiro atoms. The van der Waals surface area contributed by atoms with Crippen LogP contribution in [-0.4, -0.2) is 24.6 Å². The zero-order valence-electron chi connectivity index (χ0n) is 11.8. The first-order valence-electron chi connectivity index (χ1n) is 7.35. The SMILES string of the molecule is C[C@@H](C#N)C[NH+]1CCC[C@H](c2nc3ccccc3s2)C1. The molecule has 4 heteroatoms. The first kappa shape index (κ1) is 13.5. The van der Waals surface area contributed by atoms with Crippen LogP contribution in [-0.2, 0) is 0 Å². The lowest BCUT2D eigenvalue weighted by Gasteiger charge is -2.29. The molecule has 0 bridgehead atoms. The molecule has 20 heavy (non-hydrogen) atoms. The summed E-state index contributed by atoms with van der Waals surface area (Å²) >= 11 is 1.84. The van der Waals surface area contributed by atoms with Gasteiger partial charge in [-0.3, -0.25) is 0 Å². The maximum Gasteiger partial charge on any atom is 0.103 e. The summed E-state index contributed by atoms with van der Waals surface area (Å²) in [4.78, 5) is 6.37. The Bertz CT molecular complexity index is 595. The molecule has 1 fully saturated rings. The van der Waals surface area contributed by atoms with E-state index < -0.39 is 0 Å². The molecule has 0 radical (unpaired) electrons. The molecule has 3 atom stereocenters. The third kappa shape index (κ3) is 2.84. The molecule has 1 aliphatic rings. The van der Waals surface area contributed by atoms with Gasteiger partial charge in [-0.15, -0.1) is 11.3 Å². The summed E-state index contributed by atoms with van der Waals surface area (Å²) in [6, 6.07) is 10.7. The highest BCUT2D eigenvalue weighted by Crippen LogP contribution is 2.30. The van der Waals surface area contributed by atoms with Gasteiger partial charge in [0.1, 0.15) is 5.01 Å². The van der Waals surface area contributed by atoms with Gasteiger partial charge in [-0.05, 0) is 31.9 Å². The monoisotopic (exact) mass is 286 g/mol. The number of nitriles is 1. The number of likely N-dealkylation sites (tertiary alicyclic amines) is 1. The van der Waals surface area contributed by atoms with Gasteiger partial charge in [-0.2, -0.15) is 5.26 Å². The smallest absolute Gasteiger partial charge is 0.103 e. The zero-order chi connectivity index (χ0) is 13.9. The van der Waals surface area contributed by atoms with Gasteiger partial charge < -0.3 is 4.90 Å². The van der Waals surface area contributed by atoms with Crippen molar-refractivity contribution in [3.05, 3.63) is 29.3 Å². The van der Waals surface area contributed by atoms with E-state index in [1.54, 1.807) is 4.90 Å². The van der Waals surface area contributed by atoms with Crippen LogP contribution in [0.25, 0.3) is 10.2 Å². The van der Waals surface area contributed by atoms with Gasteiger partial charge in [0.2, 0.25) is 0 Å². The van der Waals surface area contributed by atoms with Gasteiger partial charge in [-0.1, -0.05) is 12.1 Å². The molecule has 3 rings (SSSR count). The Morgan fingerprint density at radius 1 is 1.50 bits per heavy atom. The van der Waals surface area contributed by atoms with Crippen LogP contribution in [0.15, 0.2) is 24.3 Å². The maximum atomic E-state index is 8.97. The molecule has 0 saturated carbocycles. The van der Waals surface area contributed by atoms with Crippen LogP contribution in [0.5, 0.6) is 0 Å². The molecule has 0 amide bonds. The Hall–Kier alpha value is -1.44. The molecule has 1 N–H and O–H groups in total. The minimum atomic E-state index is 0.152. The van der Waals surface area contributed by atoms with Crippen molar-refractivity contribution in [1.29, 1.82) is 5.26 Å². The van der Waals surface area contributed by atoms with Crippen molar-refractivity contribution < 1.29 is 4.90 Å². The standard InChI is InChI=1S/C16H19N3S/c1-12(9-17)10-19-8-4-5-13(11-19)16-18-14-6-2-3-7-15(14)20-16/h2-3,6-7,12-13H,4-5,8,10-11H2,1H3/p+1/t12-,13-/m0/s1. The van der Waals surface area contributed by atoms with E-state index in [0.717, 1.165) is 18.6 Å². The number of para-hydroxylation sites is 1. The summed E-state index contributed by atoms with van der Waals surface area (Å²) in [6.07, 6.45) is 2.48. The largest absolute Gasteiger partial charge is 0.333 e. The third-order valence-corrected chi connectivity index (χ3v) is 5.29. The number of aromatic nitrogens is 1. The Morgan fingerprint density at radius 3 is 3.15 bits per heavy atom. The summed E-state index contributed by atoms with van der Waals surface area (Å²) < 4.78 is 1.29. The van der Waals surface area contributed by atoms with Gasteiger partial charge in [0, 0.05) is 0 Å². The van der Waals surface area contributed by atoms with Gasteiger partial charge in [-0.25, -0.2) is 4.98 Å². The number of hydrogen-bond donors (Lipinski definition) is 1. The van der Waals surface area contributed by atoms with E-state index in [9.17, 15) is 0 Å². The van der Waals surface area contributed by atoms with Crippen LogP contribution in [0.3, 0.4) is 0 Å². The lowest BCUT2D eigenvalue weighted by atomic mass is 9.98. The summed E-state index contributed by atoms with van der Waals surface area (Å²) in [7, 11) is 0. The van der Waals surface area contributed by atoms with Crippen molar-refractivity contribution in [3.8, 4) is 6.07 Å². The molecule has 2 aromatic rings. The van der Waals surface area contributed by atoms with Gasteiger partial charge in [0.15, 0.2) is 0 Å². The number of nitrogens with zero attached hydrogens (tertiary/aromatic N) is 2. The lowest BCUT2D eigenvalue weighted by Crippen LogP contribution is -3.14. The van der Waals surface area contributed by atoms with Crippen LogP contribution < -0.4 is 4.90 Å². The quantitative estimate of drug-likeness (QED) is 0.940. The van der Waals surface area contributed by atoms with E-state index in [2.05, 4.69) is 30.3 Å². The number of hydrogen-bond acceptors (Lipinski definition) is 3. The van der Waals surface area contributed by atoms with Crippen molar-refractivity contribution in [2.24, 2.45) is 5.92 Å². The summed E-state index contributed by atoms with van der Waals surface area (Å²) in [5.74, 6) is 0.723. The molecule has 1 aliphatic heterocycles. The summed E-state index contributed by atoms with van der Waals surface area (Å²) in [6.45, 7) is 5.32. The third-order valence-electron chi connectivity index (χ3n) is 4.09. The lowest BCUT2D eigenvalue weighted by molar-refractivity contribution is -0.908. The second kappa shape index (κ2) is 5.90. The van der Waals surface area contributed by atoms with Gasteiger partial charge in [0.05, 0.1) is 47.8 Å². The molecular formula is C16H20N3S+. The average molecular weight is 286 g/mol. The highest BCUT2D eigenvalue weighted by Gasteiger charge is 2.27. The molecular weight excluding hydrogens is 266 g/mol. The van der Waals surface area contributed by atoms with Gasteiger partial charge >= 0.3 is 0 Å². The van der Waals surface area contributed by atoms with Crippen LogP contribution >= 0.6 is 11.3 Å². The van der Waals surface area contributed by atoms with Crippen LogP contribution in [0.4, 0.5) is 0 Å². The molecule has 1 aromatic carbocycles. The van der Waals surface area contributed by atoms with Crippen LogP contribution in [0, 0.1) is 17.2 Å². The fourth-order valence-corrected chi connectivity index (χ4v) is 4.19. The molecule has 0 aliphatic carbocycles. The van der Waals surface area contributed by atoms with Crippen molar-refractivity contribution in [2.75, 3.05) is 19.6 Å². The Kier molecular flexibility index (Phi) is 4.00. The first-order chi connectivity index (χ1) is 9.76. The molecule has 104 valence electrons. The number of rotatable bonds is 3. The average Bonchev–Trinajstić information content (AvgIpc) is 2.91. The topological polar surface area (TPSA) is 41.1 Å². The number of quaternary nitrogens is 1. The Morgan fingerprint density at radius 2 is 2.35 bits per heavy atom. The van der Waals surface area contributed by atoms with Crippen LogP contribution in [0.1, 0.15) is 30.7 Å². The summed E-state index contributed by atoms with van der Waals surface area (Å²) in [5.41, 5.74) is 1.13. The fraction of sp³-hybridized carbons (Fsp3) is 0.500. The molecule has 1 unspecified atom stereocenters. The van der Waals surface area contributed by atoms with Crippen molar-refractivity contribution in [1.82, 2.24) is 4.98 Å². The number of piperidine rings is 1. The second-order valence-corrected chi connectivity index (χ2v) is 6.86. The molecule has 3 nitrogen and oxygen atoms in total. The van der Waals surface area contributed by atoms with Crippen molar-refractivity contribution in [2.45, 2.75) is 25.7 Å². The maximum absolute atomic E-state index is 8.97. The van der Waals surface area contributed by atoms with E-state index in [0.29, 0.717) is 5.92 Å². The van der Waals surface area contributed by atoms with Crippen molar-refractivity contribution in [3.63, 3.8) is 0 Å². The fourth-order valence-electron chi connectivity index (χ4n) is 3.09. The summed E-state index contributed by atoms with van der Waals surface area (Å²) in [5, 5.41) is 10.3. The molecule has 1 aromatic heterocycles. The van der Waals surface area contributed by atoms with E-state index >= 15 is 0 Å². The highest BCUT2D eigenvalue weighted by atomic mass is 32.1. The zero-order valence-corrected chi connectivity index (χ0v) is 12.6. The van der Waals surface area contributed by atoms with Crippen molar-refractivity contribution >= 4 is 21.6 Å². The Balaban J connectivity index is 1.74. The first-order valence-corrected chi connectivity index (χ1v) is 8.16. The van der Waals surface area contributed by atoms with Crippen LogP contribution in [0.2, 0.25) is 0 Å². The molecule has 2 heterocycles. The number of thiazole rings is 1. The minimum Gasteiger partial charge on any atom is -0.333 e. The minimum absolute atomic E-state index is 0.152.